The maximum absolute atomic E-state index is 12.5. The van der Waals surface area contributed by atoms with Crippen LogP contribution in [0, 0.1) is 5.92 Å². The summed E-state index contributed by atoms with van der Waals surface area (Å²) in [6, 6.07) is 0. The number of esters is 1. The quantitative estimate of drug-likeness (QED) is 0.343. The van der Waals surface area contributed by atoms with Gasteiger partial charge in [0.2, 0.25) is 0 Å². The minimum absolute atomic E-state index is 0.0104. The fraction of sp³-hybridized carbons (Fsp3) is 0.526. The SMILES string of the molecule is C/C1=C\CC[C@@]2(C)O[C@@H]2[C@H]2OC(=O)/C(=C/c3cncnc3)[C@@H]2CC1. The van der Waals surface area contributed by atoms with Crippen LogP contribution >= 0.6 is 0 Å². The lowest BCUT2D eigenvalue weighted by Gasteiger charge is -2.19. The Hall–Kier alpha value is -2.01. The molecule has 0 unspecified atom stereocenters. The van der Waals surface area contributed by atoms with Crippen LogP contribution in [0.15, 0.2) is 35.9 Å². The van der Waals surface area contributed by atoms with Crippen LogP contribution < -0.4 is 0 Å². The molecular formula is C19H22N2O3. The van der Waals surface area contributed by atoms with E-state index in [0.29, 0.717) is 0 Å². The van der Waals surface area contributed by atoms with Gasteiger partial charge < -0.3 is 9.47 Å². The second kappa shape index (κ2) is 5.81. The van der Waals surface area contributed by atoms with Crippen LogP contribution in [0.2, 0.25) is 0 Å². The topological polar surface area (TPSA) is 64.6 Å². The first-order chi connectivity index (χ1) is 11.6. The van der Waals surface area contributed by atoms with Crippen LogP contribution in [0.5, 0.6) is 0 Å². The van der Waals surface area contributed by atoms with Crippen LogP contribution in [-0.2, 0) is 14.3 Å². The largest absolute Gasteiger partial charge is 0.455 e. The lowest BCUT2D eigenvalue weighted by atomic mass is 9.83. The van der Waals surface area contributed by atoms with Gasteiger partial charge in [-0.2, -0.15) is 0 Å². The minimum atomic E-state index is -0.229. The summed E-state index contributed by atoms with van der Waals surface area (Å²) in [6.07, 6.45) is 12.8. The van der Waals surface area contributed by atoms with Gasteiger partial charge >= 0.3 is 5.97 Å². The van der Waals surface area contributed by atoms with Gasteiger partial charge in [0.1, 0.15) is 18.5 Å². The number of hydrogen-bond donors (Lipinski definition) is 0. The number of nitrogens with zero attached hydrogens (tertiary/aromatic N) is 2. The van der Waals surface area contributed by atoms with Crippen LogP contribution in [0.25, 0.3) is 6.08 Å². The molecule has 5 nitrogen and oxygen atoms in total. The average Bonchev–Trinajstić information content (AvgIpc) is 3.14. The van der Waals surface area contributed by atoms with E-state index in [1.807, 2.05) is 6.08 Å². The standard InChI is InChI=1S/C19H22N2O3/c1-12-4-3-7-19(2)17(24-19)16-14(6-5-12)15(18(22)23-16)8-13-9-20-11-21-10-13/h4,8-11,14,16-17H,3,5-7H2,1-2H3/b12-4+,15-8+/t14-,16-,17+,19+/m0/s1. The molecule has 3 aliphatic rings. The van der Waals surface area contributed by atoms with E-state index in [1.54, 1.807) is 12.4 Å². The second-order valence-electron chi connectivity index (χ2n) is 7.23. The van der Waals surface area contributed by atoms with Gasteiger partial charge in [-0.25, -0.2) is 14.8 Å². The zero-order valence-electron chi connectivity index (χ0n) is 14.1. The molecule has 4 atom stereocenters. The van der Waals surface area contributed by atoms with Gasteiger partial charge in [0.15, 0.2) is 0 Å². The molecule has 2 saturated heterocycles. The van der Waals surface area contributed by atoms with E-state index in [-0.39, 0.29) is 29.7 Å². The Kier molecular flexibility index (Phi) is 3.76. The number of ether oxygens (including phenoxy) is 2. The van der Waals surface area contributed by atoms with E-state index in [4.69, 9.17) is 9.47 Å². The predicted octanol–water partition coefficient (Wildman–Crippen LogP) is 3.08. The third kappa shape index (κ3) is 2.77. The maximum atomic E-state index is 12.5. The molecule has 1 aromatic rings. The zero-order chi connectivity index (χ0) is 16.7. The number of hydrogen-bond acceptors (Lipinski definition) is 5. The molecule has 24 heavy (non-hydrogen) atoms. The summed E-state index contributed by atoms with van der Waals surface area (Å²) >= 11 is 0. The Morgan fingerprint density at radius 2 is 2.12 bits per heavy atom. The molecule has 0 spiro atoms. The molecule has 1 aromatic heterocycles. The van der Waals surface area contributed by atoms with Crippen molar-refractivity contribution < 1.29 is 14.3 Å². The van der Waals surface area contributed by atoms with Gasteiger partial charge in [-0.3, -0.25) is 0 Å². The van der Waals surface area contributed by atoms with E-state index in [0.717, 1.165) is 36.8 Å². The Bertz CT molecular complexity index is 713. The van der Waals surface area contributed by atoms with Crippen LogP contribution in [0.4, 0.5) is 0 Å². The number of carbonyl (C=O) groups is 1. The van der Waals surface area contributed by atoms with E-state index < -0.39 is 0 Å². The van der Waals surface area contributed by atoms with Crippen molar-refractivity contribution in [3.63, 3.8) is 0 Å². The third-order valence-corrected chi connectivity index (χ3v) is 5.40. The highest BCUT2D eigenvalue weighted by atomic mass is 16.6. The van der Waals surface area contributed by atoms with Crippen molar-refractivity contribution >= 4 is 12.0 Å². The van der Waals surface area contributed by atoms with Crippen LogP contribution in [0.1, 0.15) is 45.1 Å². The number of aromatic nitrogens is 2. The number of rotatable bonds is 1. The summed E-state index contributed by atoms with van der Waals surface area (Å²) in [5.74, 6) is -0.168. The fourth-order valence-electron chi connectivity index (χ4n) is 3.89. The molecule has 1 aliphatic carbocycles. The van der Waals surface area contributed by atoms with Gasteiger partial charge in [-0.15, -0.1) is 0 Å². The summed E-state index contributed by atoms with van der Waals surface area (Å²) < 4.78 is 11.7. The lowest BCUT2D eigenvalue weighted by molar-refractivity contribution is -0.139. The van der Waals surface area contributed by atoms with E-state index >= 15 is 0 Å². The van der Waals surface area contributed by atoms with E-state index in [2.05, 4.69) is 29.9 Å². The normalized spacial score (nSPS) is 39.4. The molecule has 0 saturated carbocycles. The van der Waals surface area contributed by atoms with Crippen molar-refractivity contribution in [1.29, 1.82) is 0 Å². The summed E-state index contributed by atoms with van der Waals surface area (Å²) in [5.41, 5.74) is 2.76. The van der Waals surface area contributed by atoms with Gasteiger partial charge in [0.25, 0.3) is 0 Å². The molecule has 5 heteroatoms. The van der Waals surface area contributed by atoms with E-state index in [1.165, 1.54) is 11.9 Å². The highest BCUT2D eigenvalue weighted by molar-refractivity contribution is 5.96. The third-order valence-electron chi connectivity index (χ3n) is 5.40. The maximum Gasteiger partial charge on any atom is 0.334 e. The molecule has 0 aromatic carbocycles. The first-order valence-corrected chi connectivity index (χ1v) is 8.58. The monoisotopic (exact) mass is 326 g/mol. The lowest BCUT2D eigenvalue weighted by Crippen LogP contribution is -2.28. The minimum Gasteiger partial charge on any atom is -0.455 e. The smallest absolute Gasteiger partial charge is 0.334 e. The average molecular weight is 326 g/mol. The van der Waals surface area contributed by atoms with Crippen molar-refractivity contribution in [1.82, 2.24) is 9.97 Å². The number of allylic oxidation sites excluding steroid dienone is 2. The van der Waals surface area contributed by atoms with Gasteiger partial charge in [0, 0.05) is 29.4 Å². The molecule has 0 bridgehead atoms. The Morgan fingerprint density at radius 3 is 2.92 bits per heavy atom. The highest BCUT2D eigenvalue weighted by Crippen LogP contribution is 2.50. The summed E-state index contributed by atoms with van der Waals surface area (Å²) in [6.45, 7) is 4.29. The zero-order valence-corrected chi connectivity index (χ0v) is 14.1. The summed E-state index contributed by atoms with van der Waals surface area (Å²) in [5, 5.41) is 0. The van der Waals surface area contributed by atoms with E-state index in [9.17, 15) is 4.79 Å². The molecule has 0 radical (unpaired) electrons. The fourth-order valence-corrected chi connectivity index (χ4v) is 3.89. The van der Waals surface area contributed by atoms with Gasteiger partial charge in [-0.05, 0) is 45.6 Å². The predicted molar refractivity (Wildman–Crippen MR) is 88.9 cm³/mol. The first kappa shape index (κ1) is 15.5. The van der Waals surface area contributed by atoms with Gasteiger partial charge in [-0.1, -0.05) is 11.6 Å². The molecular weight excluding hydrogens is 304 g/mol. The van der Waals surface area contributed by atoms with Crippen LogP contribution in [-0.4, -0.2) is 33.7 Å². The van der Waals surface area contributed by atoms with Crippen molar-refractivity contribution in [2.45, 2.75) is 57.3 Å². The Morgan fingerprint density at radius 1 is 1.33 bits per heavy atom. The summed E-state index contributed by atoms with van der Waals surface area (Å²) in [4.78, 5) is 20.5. The number of carbonyl (C=O) groups excluding carboxylic acids is 1. The highest BCUT2D eigenvalue weighted by Gasteiger charge is 2.61. The number of epoxide rings is 1. The molecule has 0 N–H and O–H groups in total. The molecule has 126 valence electrons. The van der Waals surface area contributed by atoms with Crippen molar-refractivity contribution in [2.75, 3.05) is 0 Å². The Labute approximate surface area is 141 Å². The number of fused-ring (bicyclic) bond motifs is 3. The van der Waals surface area contributed by atoms with Crippen LogP contribution in [0.3, 0.4) is 0 Å². The first-order valence-electron chi connectivity index (χ1n) is 8.58. The molecule has 4 rings (SSSR count). The molecule has 0 amide bonds. The molecule has 2 aliphatic heterocycles. The van der Waals surface area contributed by atoms with Crippen molar-refractivity contribution in [3.8, 4) is 0 Å². The van der Waals surface area contributed by atoms with Gasteiger partial charge in [0.05, 0.1) is 5.60 Å². The van der Waals surface area contributed by atoms with Crippen molar-refractivity contribution in [3.05, 3.63) is 41.5 Å². The molecule has 2 fully saturated rings. The molecule has 3 heterocycles. The second-order valence-corrected chi connectivity index (χ2v) is 7.23. The summed E-state index contributed by atoms with van der Waals surface area (Å²) in [7, 11) is 0. The Balaban J connectivity index is 1.67. The van der Waals surface area contributed by atoms with Crippen molar-refractivity contribution in [2.24, 2.45) is 5.92 Å².